The first kappa shape index (κ1) is 23.9. The van der Waals surface area contributed by atoms with Crippen molar-refractivity contribution in [3.63, 3.8) is 0 Å². The van der Waals surface area contributed by atoms with Crippen molar-refractivity contribution in [2.45, 2.75) is 22.5 Å². The third-order valence-corrected chi connectivity index (χ3v) is 8.13. The maximum Gasteiger partial charge on any atom is 0.287 e. The third-order valence-electron chi connectivity index (χ3n) is 4.35. The van der Waals surface area contributed by atoms with E-state index in [0.717, 1.165) is 15.1 Å². The average molecular weight is 543 g/mol. The summed E-state index contributed by atoms with van der Waals surface area (Å²) in [5.41, 5.74) is 0. The van der Waals surface area contributed by atoms with Crippen LogP contribution in [0, 0.1) is 5.92 Å². The van der Waals surface area contributed by atoms with Crippen LogP contribution in [0.25, 0.3) is 0 Å². The Hall–Kier alpha value is -1.74. The molecule has 3 rings (SSSR count). The maximum atomic E-state index is 12.5. The third kappa shape index (κ3) is 7.14. The summed E-state index contributed by atoms with van der Waals surface area (Å²) in [6.07, 6.45) is 0. The molecule has 1 N–H and O–H groups in total. The Balaban J connectivity index is 1.50. The van der Waals surface area contributed by atoms with Gasteiger partial charge in [0.2, 0.25) is 0 Å². The SMILES string of the molecule is C[C@@H](CNC(=O)c1ccc(CS(=O)(=O)c2ccc(Br)cc2)o1)CSc1ccc(Cl)cc1. The molecule has 0 aliphatic carbocycles. The lowest BCUT2D eigenvalue weighted by molar-refractivity contribution is 0.0920. The van der Waals surface area contributed by atoms with E-state index < -0.39 is 9.84 Å². The van der Waals surface area contributed by atoms with Crippen molar-refractivity contribution in [1.82, 2.24) is 5.32 Å². The van der Waals surface area contributed by atoms with Crippen molar-refractivity contribution in [2.75, 3.05) is 12.3 Å². The number of halogens is 2. The first-order valence-electron chi connectivity index (χ1n) is 9.46. The number of hydrogen-bond donors (Lipinski definition) is 1. The lowest BCUT2D eigenvalue weighted by Crippen LogP contribution is -2.28. The van der Waals surface area contributed by atoms with Gasteiger partial charge in [-0.05, 0) is 66.6 Å². The van der Waals surface area contributed by atoms with Crippen LogP contribution >= 0.6 is 39.3 Å². The first-order valence-corrected chi connectivity index (χ1v) is 13.3. The molecule has 0 bridgehead atoms. The summed E-state index contributed by atoms with van der Waals surface area (Å²) in [7, 11) is -3.56. The Morgan fingerprint density at radius 2 is 1.77 bits per heavy atom. The zero-order chi connectivity index (χ0) is 22.4. The van der Waals surface area contributed by atoms with Crippen LogP contribution in [0.3, 0.4) is 0 Å². The van der Waals surface area contributed by atoms with E-state index in [9.17, 15) is 13.2 Å². The van der Waals surface area contributed by atoms with Gasteiger partial charge in [-0.3, -0.25) is 4.79 Å². The molecule has 0 unspecified atom stereocenters. The number of sulfone groups is 1. The van der Waals surface area contributed by atoms with E-state index in [-0.39, 0.29) is 34.0 Å². The fraction of sp³-hybridized carbons (Fsp3) is 0.227. The largest absolute Gasteiger partial charge is 0.455 e. The molecule has 31 heavy (non-hydrogen) atoms. The summed E-state index contributed by atoms with van der Waals surface area (Å²) in [5, 5.41) is 3.54. The highest BCUT2D eigenvalue weighted by Crippen LogP contribution is 2.23. The Morgan fingerprint density at radius 1 is 1.10 bits per heavy atom. The normalized spacial score (nSPS) is 12.5. The van der Waals surface area contributed by atoms with Gasteiger partial charge in [0.15, 0.2) is 15.6 Å². The molecule has 0 saturated carbocycles. The van der Waals surface area contributed by atoms with Crippen LogP contribution < -0.4 is 5.32 Å². The zero-order valence-electron chi connectivity index (χ0n) is 16.7. The van der Waals surface area contributed by atoms with Gasteiger partial charge in [0.1, 0.15) is 11.5 Å². The van der Waals surface area contributed by atoms with Crippen LogP contribution in [0.15, 0.2) is 79.3 Å². The summed E-state index contributed by atoms with van der Waals surface area (Å²) < 4.78 is 31.3. The van der Waals surface area contributed by atoms with Gasteiger partial charge in [-0.15, -0.1) is 11.8 Å². The quantitative estimate of drug-likeness (QED) is 0.344. The van der Waals surface area contributed by atoms with Gasteiger partial charge in [0.25, 0.3) is 5.91 Å². The van der Waals surface area contributed by atoms with Gasteiger partial charge < -0.3 is 9.73 Å². The summed E-state index contributed by atoms with van der Waals surface area (Å²) >= 11 is 10.9. The Bertz CT molecular complexity index is 1130. The highest BCUT2D eigenvalue weighted by molar-refractivity contribution is 9.10. The van der Waals surface area contributed by atoms with Crippen LogP contribution in [-0.2, 0) is 15.6 Å². The Kier molecular flexibility index (Phi) is 8.27. The van der Waals surface area contributed by atoms with Crippen molar-refractivity contribution >= 4 is 55.0 Å². The van der Waals surface area contributed by atoms with E-state index in [1.165, 1.54) is 24.3 Å². The fourth-order valence-corrected chi connectivity index (χ4v) is 5.23. The predicted octanol–water partition coefficient (Wildman–Crippen LogP) is 5.83. The van der Waals surface area contributed by atoms with Crippen molar-refractivity contribution in [3.05, 3.63) is 81.7 Å². The van der Waals surface area contributed by atoms with E-state index in [1.54, 1.807) is 23.9 Å². The molecule has 0 aliphatic rings. The summed E-state index contributed by atoms with van der Waals surface area (Å²) in [6, 6.07) is 17.0. The van der Waals surface area contributed by atoms with Crippen molar-refractivity contribution in [2.24, 2.45) is 5.92 Å². The minimum atomic E-state index is -3.56. The second-order valence-electron chi connectivity index (χ2n) is 7.06. The molecule has 1 aromatic heterocycles. The molecule has 9 heteroatoms. The van der Waals surface area contributed by atoms with E-state index in [0.29, 0.717) is 11.6 Å². The van der Waals surface area contributed by atoms with Crippen molar-refractivity contribution in [1.29, 1.82) is 0 Å². The topological polar surface area (TPSA) is 76.4 Å². The number of amides is 1. The highest BCUT2D eigenvalue weighted by atomic mass is 79.9. The smallest absolute Gasteiger partial charge is 0.287 e. The minimum absolute atomic E-state index is 0.0959. The van der Waals surface area contributed by atoms with Gasteiger partial charge in [-0.2, -0.15) is 0 Å². The fourth-order valence-electron chi connectivity index (χ4n) is 2.67. The van der Waals surface area contributed by atoms with Crippen LogP contribution in [0.4, 0.5) is 0 Å². The lowest BCUT2D eigenvalue weighted by atomic mass is 10.2. The molecule has 0 fully saturated rings. The number of thioether (sulfide) groups is 1. The van der Waals surface area contributed by atoms with E-state index in [2.05, 4.69) is 21.2 Å². The first-order chi connectivity index (χ1) is 14.7. The Morgan fingerprint density at radius 3 is 2.45 bits per heavy atom. The Labute approximate surface area is 199 Å². The van der Waals surface area contributed by atoms with E-state index in [4.69, 9.17) is 16.0 Å². The monoisotopic (exact) mass is 541 g/mol. The van der Waals surface area contributed by atoms with E-state index >= 15 is 0 Å². The minimum Gasteiger partial charge on any atom is -0.455 e. The van der Waals surface area contributed by atoms with Crippen LogP contribution in [0.2, 0.25) is 5.02 Å². The maximum absolute atomic E-state index is 12.5. The van der Waals surface area contributed by atoms with Crippen molar-refractivity contribution in [3.8, 4) is 0 Å². The lowest BCUT2D eigenvalue weighted by Gasteiger charge is -2.11. The molecule has 1 heterocycles. The van der Waals surface area contributed by atoms with Gasteiger partial charge in [-0.25, -0.2) is 8.42 Å². The highest BCUT2D eigenvalue weighted by Gasteiger charge is 2.19. The molecule has 0 radical (unpaired) electrons. The van der Waals surface area contributed by atoms with Gasteiger partial charge in [0, 0.05) is 26.7 Å². The molecular weight excluding hydrogens is 522 g/mol. The number of carbonyl (C=O) groups excluding carboxylic acids is 1. The zero-order valence-corrected chi connectivity index (χ0v) is 20.7. The number of furan rings is 1. The number of carbonyl (C=O) groups is 1. The van der Waals surface area contributed by atoms with E-state index in [1.807, 2.05) is 31.2 Å². The summed E-state index contributed by atoms with van der Waals surface area (Å²) in [5.74, 6) is 0.706. The molecule has 0 spiro atoms. The number of hydrogen-bond acceptors (Lipinski definition) is 5. The number of nitrogens with one attached hydrogen (secondary N) is 1. The summed E-state index contributed by atoms with van der Waals surface area (Å²) in [4.78, 5) is 13.7. The van der Waals surface area contributed by atoms with Crippen molar-refractivity contribution < 1.29 is 17.6 Å². The molecule has 3 aromatic rings. The molecule has 0 aliphatic heterocycles. The number of rotatable bonds is 9. The molecule has 1 amide bonds. The van der Waals surface area contributed by atoms with Crippen LogP contribution in [-0.4, -0.2) is 26.6 Å². The second-order valence-corrected chi connectivity index (χ2v) is 11.5. The molecule has 164 valence electrons. The average Bonchev–Trinajstić information content (AvgIpc) is 3.19. The molecule has 1 atom stereocenters. The number of benzene rings is 2. The standard InChI is InChI=1S/C22H21BrClNO4S2/c1-15(13-30-19-7-4-17(24)5-8-19)12-25-22(26)21-11-6-18(29-21)14-31(27,28)20-9-2-16(23)3-10-20/h2-11,15H,12-14H2,1H3,(H,25,26)/t15-/m0/s1. The molecule has 0 saturated heterocycles. The predicted molar refractivity (Wildman–Crippen MR) is 127 cm³/mol. The van der Waals surface area contributed by atoms with Crippen LogP contribution in [0.5, 0.6) is 0 Å². The van der Waals surface area contributed by atoms with Gasteiger partial charge >= 0.3 is 0 Å². The molecule has 5 nitrogen and oxygen atoms in total. The van der Waals surface area contributed by atoms with Gasteiger partial charge in [0.05, 0.1) is 4.90 Å². The molecule has 2 aromatic carbocycles. The second kappa shape index (κ2) is 10.7. The molecular formula is C22H21BrClNO4S2. The van der Waals surface area contributed by atoms with Gasteiger partial charge in [-0.1, -0.05) is 34.5 Å². The van der Waals surface area contributed by atoms with Crippen LogP contribution in [0.1, 0.15) is 23.2 Å². The summed E-state index contributed by atoms with van der Waals surface area (Å²) in [6.45, 7) is 2.52.